The Bertz CT molecular complexity index is 1590. The van der Waals surface area contributed by atoms with Crippen LogP contribution in [0.2, 0.25) is 0 Å². The van der Waals surface area contributed by atoms with E-state index in [9.17, 15) is 19.8 Å². The van der Waals surface area contributed by atoms with Crippen LogP contribution in [0.4, 0.5) is 0 Å². The zero-order chi connectivity index (χ0) is 70.5. The molecule has 0 saturated carbocycles. The number of carbonyl (C=O) groups excluding carboxylic acids is 2. The van der Waals surface area contributed by atoms with Crippen molar-refractivity contribution < 1.29 is 24.5 Å². The van der Waals surface area contributed by atoms with E-state index >= 15 is 0 Å². The number of ether oxygens (including phenoxy) is 1. The Morgan fingerprint density at radius 3 is 0.796 bits per heavy atom. The fraction of sp³-hybridized carbons (Fsp3) is 0.913. The van der Waals surface area contributed by atoms with Gasteiger partial charge >= 0.3 is 5.97 Å². The highest BCUT2D eigenvalue weighted by Crippen LogP contribution is 2.21. The van der Waals surface area contributed by atoms with E-state index in [1.165, 1.54) is 443 Å². The summed E-state index contributed by atoms with van der Waals surface area (Å²) in [5.74, 6) is -0.0351. The van der Waals surface area contributed by atoms with Crippen molar-refractivity contribution in [2.24, 2.45) is 0 Å². The molecule has 0 heterocycles. The van der Waals surface area contributed by atoms with Crippen LogP contribution in [0.15, 0.2) is 36.5 Å². The Morgan fingerprint density at radius 2 is 0.510 bits per heavy atom. The van der Waals surface area contributed by atoms with Crippen molar-refractivity contribution in [3.63, 3.8) is 0 Å². The number of amides is 1. The average Bonchev–Trinajstić information content (AvgIpc) is 1.77. The largest absolute Gasteiger partial charge is 0.466 e. The van der Waals surface area contributed by atoms with Crippen LogP contribution in [-0.2, 0) is 14.3 Å². The first-order valence-electron chi connectivity index (χ1n) is 45.3. The van der Waals surface area contributed by atoms with Gasteiger partial charge in [-0.05, 0) is 64.2 Å². The molecule has 0 rings (SSSR count). The molecule has 0 radical (unpaired) electrons. The van der Waals surface area contributed by atoms with Crippen molar-refractivity contribution in [1.82, 2.24) is 5.32 Å². The molecule has 6 heteroatoms. The van der Waals surface area contributed by atoms with Gasteiger partial charge in [-0.2, -0.15) is 0 Å². The highest BCUT2D eigenvalue weighted by Gasteiger charge is 2.18. The third-order valence-electron chi connectivity index (χ3n) is 21.4. The maximum Gasteiger partial charge on any atom is 0.305 e. The van der Waals surface area contributed by atoms with Crippen molar-refractivity contribution in [2.75, 3.05) is 13.2 Å². The summed E-state index contributed by atoms with van der Waals surface area (Å²) in [7, 11) is 0. The topological polar surface area (TPSA) is 95.9 Å². The lowest BCUT2D eigenvalue weighted by molar-refractivity contribution is -0.143. The molecule has 1 amide bonds. The number of hydrogen-bond acceptors (Lipinski definition) is 5. The summed E-state index contributed by atoms with van der Waals surface area (Å²) in [6.07, 6.45) is 116. The van der Waals surface area contributed by atoms with Gasteiger partial charge < -0.3 is 20.3 Å². The molecule has 98 heavy (non-hydrogen) atoms. The van der Waals surface area contributed by atoms with E-state index < -0.39 is 12.1 Å². The summed E-state index contributed by atoms with van der Waals surface area (Å²) in [5, 5.41) is 23.3. The Labute approximate surface area is 614 Å². The van der Waals surface area contributed by atoms with Gasteiger partial charge in [-0.3, -0.25) is 9.59 Å². The first-order valence-corrected chi connectivity index (χ1v) is 45.3. The predicted molar refractivity (Wildman–Crippen MR) is 435 cm³/mol. The number of esters is 1. The van der Waals surface area contributed by atoms with Crippen molar-refractivity contribution in [2.45, 2.75) is 527 Å². The second kappa shape index (κ2) is 87.5. The Kier molecular flexibility index (Phi) is 85.8. The number of allylic oxidation sites excluding steroid dienone is 5. The number of carbonyl (C=O) groups is 2. The number of aliphatic hydroxyl groups excluding tert-OH is 2. The Morgan fingerprint density at radius 1 is 0.286 bits per heavy atom. The van der Waals surface area contributed by atoms with E-state index in [1.807, 2.05) is 6.08 Å². The smallest absolute Gasteiger partial charge is 0.305 e. The lowest BCUT2D eigenvalue weighted by atomic mass is 10.0. The quantitative estimate of drug-likeness (QED) is 0.0320. The van der Waals surface area contributed by atoms with Crippen LogP contribution in [-0.4, -0.2) is 47.4 Å². The summed E-state index contributed by atoms with van der Waals surface area (Å²) in [6.45, 7) is 4.94. The van der Waals surface area contributed by atoms with Crippen molar-refractivity contribution in [1.29, 1.82) is 0 Å². The molecule has 3 N–H and O–H groups in total. The van der Waals surface area contributed by atoms with E-state index in [2.05, 4.69) is 43.5 Å². The molecule has 0 spiro atoms. The zero-order valence-corrected chi connectivity index (χ0v) is 66.8. The van der Waals surface area contributed by atoms with Gasteiger partial charge in [-0.1, -0.05) is 474 Å². The van der Waals surface area contributed by atoms with Crippen molar-refractivity contribution in [3.05, 3.63) is 36.5 Å². The second-order valence-corrected chi connectivity index (χ2v) is 31.3. The number of rotatable bonds is 86. The molecule has 0 aliphatic rings. The first-order chi connectivity index (χ1) is 48.5. The Hall–Kier alpha value is -1.92. The minimum atomic E-state index is -0.842. The SMILES string of the molecule is CCCCC/C=C\C/C=C\CCCCCCCCCCCC(=O)OCCCCCCCCCCCCCCCCCCCCCCCCCCCCCCCCCCCCCCCCCC(=O)NC(CO)C(O)/C=C/CCCCCCCCCCCCCCCCCCCCCCC. The third-order valence-corrected chi connectivity index (χ3v) is 21.4. The molecule has 0 fully saturated rings. The minimum absolute atomic E-state index is 0.0211. The van der Waals surface area contributed by atoms with Gasteiger partial charge in [0.2, 0.25) is 5.91 Å². The molecular weight excluding hydrogens is 1200 g/mol. The lowest BCUT2D eigenvalue weighted by Crippen LogP contribution is -2.45. The predicted octanol–water partition coefficient (Wildman–Crippen LogP) is 30.5. The van der Waals surface area contributed by atoms with E-state index in [4.69, 9.17) is 4.74 Å². The van der Waals surface area contributed by atoms with E-state index in [0.717, 1.165) is 44.9 Å². The average molecular weight is 1380 g/mol. The molecule has 6 nitrogen and oxygen atoms in total. The van der Waals surface area contributed by atoms with Gasteiger partial charge in [0, 0.05) is 12.8 Å². The van der Waals surface area contributed by atoms with Crippen LogP contribution in [0.25, 0.3) is 0 Å². The summed E-state index contributed by atoms with van der Waals surface area (Å²) in [6, 6.07) is -0.625. The molecule has 0 saturated heterocycles. The monoisotopic (exact) mass is 1380 g/mol. The molecule has 0 aromatic rings. The molecule has 2 atom stereocenters. The van der Waals surface area contributed by atoms with Crippen molar-refractivity contribution in [3.8, 4) is 0 Å². The molecule has 580 valence electrons. The van der Waals surface area contributed by atoms with Crippen LogP contribution < -0.4 is 5.32 Å². The van der Waals surface area contributed by atoms with Crippen LogP contribution in [0.5, 0.6) is 0 Å². The lowest BCUT2D eigenvalue weighted by Gasteiger charge is -2.20. The van der Waals surface area contributed by atoms with Crippen molar-refractivity contribution >= 4 is 11.9 Å². The van der Waals surface area contributed by atoms with Crippen LogP contribution in [0.3, 0.4) is 0 Å². The summed E-state index contributed by atoms with van der Waals surface area (Å²) in [5.41, 5.74) is 0. The second-order valence-electron chi connectivity index (χ2n) is 31.3. The molecular formula is C92H177NO5. The van der Waals surface area contributed by atoms with Gasteiger partial charge in [0.05, 0.1) is 25.4 Å². The fourth-order valence-electron chi connectivity index (χ4n) is 14.6. The minimum Gasteiger partial charge on any atom is -0.466 e. The van der Waals surface area contributed by atoms with Crippen LogP contribution in [0, 0.1) is 0 Å². The van der Waals surface area contributed by atoms with Gasteiger partial charge in [0.25, 0.3) is 0 Å². The molecule has 0 aromatic carbocycles. The molecule has 2 unspecified atom stereocenters. The van der Waals surface area contributed by atoms with Gasteiger partial charge in [0.15, 0.2) is 0 Å². The summed E-state index contributed by atoms with van der Waals surface area (Å²) < 4.78 is 5.52. The molecule has 0 aliphatic heterocycles. The van der Waals surface area contributed by atoms with Crippen LogP contribution >= 0.6 is 0 Å². The molecule has 0 aliphatic carbocycles. The standard InChI is InChI=1S/C92H177NO5/c1-3-5-7-9-11-13-15-17-19-21-23-24-42-45-49-52-56-60-64-68-72-76-80-84-90(95)89(88-94)93-91(96)85-81-77-73-69-65-61-57-53-50-46-43-40-38-36-34-32-30-28-26-25-27-29-31-33-35-37-39-41-44-47-51-55-59-63-67-71-75-79-83-87-98-92(97)86-82-78-74-70-66-62-58-54-48-22-20-18-16-14-12-10-8-6-4-2/h12,14,18,20,80,84,89-90,94-95H,3-11,13,15-17,19,21-79,81-83,85-88H2,1-2H3,(H,93,96)/b14-12-,20-18-,84-80+. The third kappa shape index (κ3) is 83.0. The Balaban J connectivity index is 3.31. The number of aliphatic hydroxyl groups is 2. The van der Waals surface area contributed by atoms with E-state index in [0.29, 0.717) is 19.4 Å². The molecule has 0 aromatic heterocycles. The number of nitrogens with one attached hydrogen (secondary N) is 1. The van der Waals surface area contributed by atoms with E-state index in [-0.39, 0.29) is 18.5 Å². The number of hydrogen-bond donors (Lipinski definition) is 3. The highest BCUT2D eigenvalue weighted by atomic mass is 16.5. The van der Waals surface area contributed by atoms with Crippen LogP contribution in [0.1, 0.15) is 515 Å². The fourth-order valence-corrected chi connectivity index (χ4v) is 14.6. The maximum atomic E-state index is 12.6. The summed E-state index contributed by atoms with van der Waals surface area (Å²) in [4.78, 5) is 24.7. The number of unbranched alkanes of at least 4 members (excludes halogenated alkanes) is 71. The maximum absolute atomic E-state index is 12.6. The highest BCUT2D eigenvalue weighted by molar-refractivity contribution is 5.76. The first kappa shape index (κ1) is 96.1. The normalized spacial score (nSPS) is 12.6. The van der Waals surface area contributed by atoms with Gasteiger partial charge in [-0.15, -0.1) is 0 Å². The van der Waals surface area contributed by atoms with Gasteiger partial charge in [0.1, 0.15) is 0 Å². The van der Waals surface area contributed by atoms with Gasteiger partial charge in [-0.25, -0.2) is 0 Å². The summed E-state index contributed by atoms with van der Waals surface area (Å²) >= 11 is 0. The zero-order valence-electron chi connectivity index (χ0n) is 66.8. The molecule has 0 bridgehead atoms. The van der Waals surface area contributed by atoms with E-state index in [1.54, 1.807) is 6.08 Å².